The number of ether oxygens (including phenoxy) is 1. The van der Waals surface area contributed by atoms with Crippen molar-refractivity contribution in [2.45, 2.75) is 6.42 Å². The smallest absolute Gasteiger partial charge is 0.327 e. The molecule has 2 saturated heterocycles. The maximum Gasteiger partial charge on any atom is 0.327 e. The highest BCUT2D eigenvalue weighted by Gasteiger charge is 2.28. The van der Waals surface area contributed by atoms with Gasteiger partial charge in [0, 0.05) is 39.3 Å². The van der Waals surface area contributed by atoms with E-state index in [0.717, 1.165) is 45.3 Å². The standard InChI is InChI=1S/C15H20FN3O3/c16-13-2-1-3-14(15(13)19(20)21)18-7-5-17(6-8-18)10-12-4-9-22-11-12/h1-3,12H,4-11H2. The van der Waals surface area contributed by atoms with Crippen LogP contribution in [0.5, 0.6) is 0 Å². The fourth-order valence-corrected chi connectivity index (χ4v) is 3.20. The highest BCUT2D eigenvalue weighted by molar-refractivity contribution is 5.64. The molecule has 0 amide bonds. The molecule has 2 aliphatic rings. The van der Waals surface area contributed by atoms with Crippen LogP contribution in [0.25, 0.3) is 0 Å². The average Bonchev–Trinajstić information content (AvgIpc) is 3.00. The first kappa shape index (κ1) is 15.2. The molecule has 0 spiro atoms. The summed E-state index contributed by atoms with van der Waals surface area (Å²) in [5, 5.41) is 11.1. The Morgan fingerprint density at radius 3 is 2.73 bits per heavy atom. The molecule has 1 aromatic rings. The number of nitro groups is 1. The molecule has 1 atom stereocenters. The quantitative estimate of drug-likeness (QED) is 0.628. The number of halogens is 1. The molecular formula is C15H20FN3O3. The number of para-hydroxylation sites is 1. The van der Waals surface area contributed by atoms with E-state index in [1.54, 1.807) is 6.07 Å². The Bertz CT molecular complexity index is 541. The van der Waals surface area contributed by atoms with Crippen LogP contribution in [0.1, 0.15) is 6.42 Å². The Hall–Kier alpha value is -1.73. The molecule has 0 aromatic heterocycles. The predicted molar refractivity (Wildman–Crippen MR) is 80.6 cm³/mol. The number of nitrogens with zero attached hydrogens (tertiary/aromatic N) is 3. The lowest BCUT2D eigenvalue weighted by Gasteiger charge is -2.36. The van der Waals surface area contributed by atoms with Crippen molar-refractivity contribution in [2.24, 2.45) is 5.92 Å². The molecule has 0 saturated carbocycles. The van der Waals surface area contributed by atoms with Crippen molar-refractivity contribution in [3.8, 4) is 0 Å². The predicted octanol–water partition coefficient (Wildman–Crippen LogP) is 1.89. The maximum atomic E-state index is 13.7. The van der Waals surface area contributed by atoms with Crippen LogP contribution in [0, 0.1) is 21.8 Å². The van der Waals surface area contributed by atoms with E-state index in [2.05, 4.69) is 4.90 Å². The monoisotopic (exact) mass is 309 g/mol. The highest BCUT2D eigenvalue weighted by Crippen LogP contribution is 2.31. The first-order valence-electron chi connectivity index (χ1n) is 7.63. The Morgan fingerprint density at radius 2 is 2.09 bits per heavy atom. The fourth-order valence-electron chi connectivity index (χ4n) is 3.20. The second kappa shape index (κ2) is 6.58. The molecule has 2 heterocycles. The first-order chi connectivity index (χ1) is 10.6. The van der Waals surface area contributed by atoms with Gasteiger partial charge in [-0.2, -0.15) is 4.39 Å². The van der Waals surface area contributed by atoms with E-state index in [1.165, 1.54) is 6.07 Å². The van der Waals surface area contributed by atoms with Crippen LogP contribution in [-0.2, 0) is 4.74 Å². The molecule has 3 rings (SSSR count). The number of benzene rings is 1. The minimum atomic E-state index is -0.770. The van der Waals surface area contributed by atoms with E-state index < -0.39 is 16.4 Å². The zero-order chi connectivity index (χ0) is 15.5. The van der Waals surface area contributed by atoms with Gasteiger partial charge in [-0.05, 0) is 24.5 Å². The summed E-state index contributed by atoms with van der Waals surface area (Å²) in [4.78, 5) is 14.7. The van der Waals surface area contributed by atoms with Gasteiger partial charge in [0.25, 0.3) is 0 Å². The Balaban J connectivity index is 1.64. The molecule has 6 nitrogen and oxygen atoms in total. The van der Waals surface area contributed by atoms with Crippen molar-refractivity contribution < 1.29 is 14.1 Å². The lowest BCUT2D eigenvalue weighted by molar-refractivity contribution is -0.386. The van der Waals surface area contributed by atoms with Gasteiger partial charge in [-0.1, -0.05) is 6.07 Å². The van der Waals surface area contributed by atoms with Gasteiger partial charge in [0.2, 0.25) is 5.82 Å². The third-order valence-electron chi connectivity index (χ3n) is 4.40. The SMILES string of the molecule is O=[N+]([O-])c1c(F)cccc1N1CCN(CC2CCOC2)CC1. The summed E-state index contributed by atoms with van der Waals surface area (Å²) in [5.41, 5.74) is -0.0333. The normalized spacial score (nSPS) is 23.0. The molecule has 22 heavy (non-hydrogen) atoms. The van der Waals surface area contributed by atoms with Crippen LogP contribution in [0.2, 0.25) is 0 Å². The van der Waals surface area contributed by atoms with Crippen molar-refractivity contribution in [1.82, 2.24) is 4.90 Å². The van der Waals surface area contributed by atoms with E-state index in [1.807, 2.05) is 4.90 Å². The topological polar surface area (TPSA) is 58.9 Å². The van der Waals surface area contributed by atoms with Crippen LogP contribution in [-0.4, -0.2) is 55.8 Å². The number of rotatable bonds is 4. The molecule has 2 aliphatic heterocycles. The Morgan fingerprint density at radius 1 is 1.32 bits per heavy atom. The molecule has 0 N–H and O–H groups in total. The third kappa shape index (κ3) is 3.20. The molecule has 0 aliphatic carbocycles. The van der Waals surface area contributed by atoms with Gasteiger partial charge in [-0.15, -0.1) is 0 Å². The van der Waals surface area contributed by atoms with Gasteiger partial charge in [0.05, 0.1) is 11.5 Å². The highest BCUT2D eigenvalue weighted by atomic mass is 19.1. The van der Waals surface area contributed by atoms with E-state index in [9.17, 15) is 14.5 Å². The lowest BCUT2D eigenvalue weighted by Crippen LogP contribution is -2.48. The molecule has 7 heteroatoms. The van der Waals surface area contributed by atoms with Crippen molar-refractivity contribution in [3.63, 3.8) is 0 Å². The van der Waals surface area contributed by atoms with Gasteiger partial charge < -0.3 is 9.64 Å². The summed E-state index contributed by atoms with van der Waals surface area (Å²) in [7, 11) is 0. The van der Waals surface area contributed by atoms with Gasteiger partial charge in [-0.25, -0.2) is 0 Å². The Kier molecular flexibility index (Phi) is 4.54. The molecule has 120 valence electrons. The average molecular weight is 309 g/mol. The van der Waals surface area contributed by atoms with Crippen LogP contribution in [0.4, 0.5) is 15.8 Å². The summed E-state index contributed by atoms with van der Waals surface area (Å²) < 4.78 is 19.1. The second-order valence-electron chi connectivity index (χ2n) is 5.88. The van der Waals surface area contributed by atoms with Gasteiger partial charge >= 0.3 is 5.69 Å². The summed E-state index contributed by atoms with van der Waals surface area (Å²) in [6.07, 6.45) is 1.11. The number of hydrogen-bond acceptors (Lipinski definition) is 5. The summed E-state index contributed by atoms with van der Waals surface area (Å²) in [6, 6.07) is 4.29. The third-order valence-corrected chi connectivity index (χ3v) is 4.40. The molecular weight excluding hydrogens is 289 g/mol. The zero-order valence-electron chi connectivity index (χ0n) is 12.4. The minimum absolute atomic E-state index is 0.383. The molecule has 0 radical (unpaired) electrons. The van der Waals surface area contributed by atoms with Gasteiger partial charge in [-0.3, -0.25) is 15.0 Å². The van der Waals surface area contributed by atoms with E-state index in [4.69, 9.17) is 4.74 Å². The van der Waals surface area contributed by atoms with Crippen molar-refractivity contribution >= 4 is 11.4 Å². The van der Waals surface area contributed by atoms with E-state index >= 15 is 0 Å². The molecule has 0 bridgehead atoms. The number of piperazine rings is 1. The summed E-state index contributed by atoms with van der Waals surface area (Å²) in [6.45, 7) is 5.72. The minimum Gasteiger partial charge on any atom is -0.381 e. The van der Waals surface area contributed by atoms with Crippen molar-refractivity contribution in [3.05, 3.63) is 34.1 Å². The maximum absolute atomic E-state index is 13.7. The molecule has 2 fully saturated rings. The van der Waals surface area contributed by atoms with Crippen LogP contribution >= 0.6 is 0 Å². The van der Waals surface area contributed by atoms with Crippen molar-refractivity contribution in [1.29, 1.82) is 0 Å². The van der Waals surface area contributed by atoms with Crippen LogP contribution in [0.15, 0.2) is 18.2 Å². The van der Waals surface area contributed by atoms with Crippen LogP contribution in [0.3, 0.4) is 0 Å². The fraction of sp³-hybridized carbons (Fsp3) is 0.600. The van der Waals surface area contributed by atoms with E-state index in [-0.39, 0.29) is 0 Å². The Labute approximate surface area is 128 Å². The number of nitro benzene ring substituents is 1. The molecule has 1 unspecified atom stereocenters. The first-order valence-corrected chi connectivity index (χ1v) is 7.63. The lowest BCUT2D eigenvalue weighted by atomic mass is 10.1. The summed E-state index contributed by atoms with van der Waals surface area (Å²) >= 11 is 0. The van der Waals surface area contributed by atoms with Crippen LogP contribution < -0.4 is 4.90 Å². The molecule has 1 aromatic carbocycles. The number of anilines is 1. The van der Waals surface area contributed by atoms with Gasteiger partial charge in [0.15, 0.2) is 0 Å². The largest absolute Gasteiger partial charge is 0.381 e. The number of hydrogen-bond donors (Lipinski definition) is 0. The summed E-state index contributed by atoms with van der Waals surface area (Å²) in [5.74, 6) is -0.178. The zero-order valence-corrected chi connectivity index (χ0v) is 12.4. The second-order valence-corrected chi connectivity index (χ2v) is 5.88. The van der Waals surface area contributed by atoms with Gasteiger partial charge in [0.1, 0.15) is 5.69 Å². The van der Waals surface area contributed by atoms with Crippen molar-refractivity contribution in [2.75, 3.05) is 50.8 Å². The van der Waals surface area contributed by atoms with E-state index in [0.29, 0.717) is 24.7 Å².